The third kappa shape index (κ3) is 7.27. The predicted octanol–water partition coefficient (Wildman–Crippen LogP) is 2.69. The maximum atomic E-state index is 2.28. The van der Waals surface area contributed by atoms with Gasteiger partial charge in [0, 0.05) is 0 Å². The van der Waals surface area contributed by atoms with Crippen LogP contribution in [-0.4, -0.2) is 38.0 Å². The van der Waals surface area contributed by atoms with Gasteiger partial charge in [0.1, 0.15) is 0 Å². The zero-order chi connectivity index (χ0) is 15.2. The van der Waals surface area contributed by atoms with Gasteiger partial charge in [-0.2, -0.15) is 0 Å². The molecule has 0 aliphatic rings. The Morgan fingerprint density at radius 1 is 0.652 bits per heavy atom. The second-order valence-electron chi connectivity index (χ2n) is 5.79. The maximum absolute atomic E-state index is 2.28. The molecule has 23 heavy (non-hydrogen) atoms. The van der Waals surface area contributed by atoms with Crippen molar-refractivity contribution in [2.75, 3.05) is 28.2 Å². The Morgan fingerprint density at radius 2 is 1.00 bits per heavy atom. The second kappa shape index (κ2) is 11.1. The van der Waals surface area contributed by atoms with Crippen molar-refractivity contribution < 1.29 is 15.2 Å². The summed E-state index contributed by atoms with van der Waals surface area (Å²) in [7, 11) is 8.51. The summed E-state index contributed by atoms with van der Waals surface area (Å²) in [4.78, 5) is 4.47. The van der Waals surface area contributed by atoms with Crippen LogP contribution in [0, 0.1) is 0 Å². The molecule has 0 fully saturated rings. The summed E-state index contributed by atoms with van der Waals surface area (Å²) >= 11 is 0.360. The molecular formula is C18H26Cl2CrN2. The van der Waals surface area contributed by atoms with E-state index in [4.69, 9.17) is 0 Å². The van der Waals surface area contributed by atoms with Crippen LogP contribution >= 0.6 is 24.8 Å². The van der Waals surface area contributed by atoms with Crippen LogP contribution < -0.4 is 8.85 Å². The number of benzene rings is 2. The van der Waals surface area contributed by atoms with Gasteiger partial charge in [-0.3, -0.25) is 0 Å². The molecule has 2 aromatic rings. The molecule has 0 saturated carbocycles. The van der Waals surface area contributed by atoms with Crippen molar-refractivity contribution in [1.29, 1.82) is 0 Å². The largest absolute Gasteiger partial charge is 0.147 e. The fourth-order valence-corrected chi connectivity index (χ4v) is 3.92. The van der Waals surface area contributed by atoms with E-state index in [1.54, 1.807) is 0 Å². The number of halogens is 2. The number of rotatable bonds is 6. The first-order chi connectivity index (χ1) is 10.1. The molecule has 0 spiro atoms. The molecule has 128 valence electrons. The summed E-state index contributed by atoms with van der Waals surface area (Å²) in [6, 6.07) is 17.7. The van der Waals surface area contributed by atoms with E-state index >= 15 is 0 Å². The van der Waals surface area contributed by atoms with Crippen molar-refractivity contribution in [2.45, 2.75) is 13.1 Å². The summed E-state index contributed by atoms with van der Waals surface area (Å²) < 4.78 is 2.98. The number of hydrogen-bond donors (Lipinski definition) is 0. The normalized spacial score (nSPS) is 10.3. The molecule has 2 nitrogen and oxygen atoms in total. The SMILES string of the molecule is CN(C)Cc1cccc[c]1[Cr][c]1ccccc1CN(C)C.Cl.Cl. The van der Waals surface area contributed by atoms with Gasteiger partial charge in [0.15, 0.2) is 0 Å². The summed E-state index contributed by atoms with van der Waals surface area (Å²) in [5, 5.41) is 0. The summed E-state index contributed by atoms with van der Waals surface area (Å²) in [6.07, 6.45) is 0. The molecule has 0 amide bonds. The molecule has 0 unspecified atom stereocenters. The first kappa shape index (κ1) is 22.5. The Morgan fingerprint density at radius 3 is 1.35 bits per heavy atom. The zero-order valence-corrected chi connectivity index (χ0v) is 17.1. The van der Waals surface area contributed by atoms with Crippen molar-refractivity contribution >= 4 is 33.7 Å². The van der Waals surface area contributed by atoms with Crippen molar-refractivity contribution in [3.8, 4) is 0 Å². The van der Waals surface area contributed by atoms with E-state index in [9.17, 15) is 0 Å². The first-order valence-corrected chi connectivity index (χ1v) is 8.47. The van der Waals surface area contributed by atoms with Gasteiger partial charge >= 0.3 is 135 Å². The Kier molecular flexibility index (Phi) is 10.8. The number of nitrogens with zero attached hydrogens (tertiary/aromatic N) is 2. The van der Waals surface area contributed by atoms with Crippen LogP contribution in [0.25, 0.3) is 0 Å². The second-order valence-corrected chi connectivity index (χ2v) is 7.49. The fourth-order valence-electron chi connectivity index (χ4n) is 2.27. The van der Waals surface area contributed by atoms with Gasteiger partial charge in [0.2, 0.25) is 0 Å². The molecule has 0 bridgehead atoms. The van der Waals surface area contributed by atoms with Crippen LogP contribution in [0.15, 0.2) is 48.5 Å². The molecule has 0 heterocycles. The van der Waals surface area contributed by atoms with Gasteiger partial charge in [-0.1, -0.05) is 0 Å². The zero-order valence-electron chi connectivity index (χ0n) is 14.2. The van der Waals surface area contributed by atoms with Crippen LogP contribution in [0.5, 0.6) is 0 Å². The molecule has 0 aliphatic heterocycles. The van der Waals surface area contributed by atoms with Crippen molar-refractivity contribution in [3.63, 3.8) is 0 Å². The Balaban J connectivity index is 0.00000242. The van der Waals surface area contributed by atoms with Crippen LogP contribution in [0.4, 0.5) is 0 Å². The van der Waals surface area contributed by atoms with Gasteiger partial charge < -0.3 is 0 Å². The smallest absolute Gasteiger partial charge is 0.147 e. The first-order valence-electron chi connectivity index (χ1n) is 7.19. The molecule has 0 saturated heterocycles. The van der Waals surface area contributed by atoms with E-state index in [1.165, 1.54) is 20.0 Å². The molecular weight excluding hydrogens is 367 g/mol. The van der Waals surface area contributed by atoms with E-state index in [0.717, 1.165) is 13.1 Å². The quantitative estimate of drug-likeness (QED) is 0.745. The van der Waals surface area contributed by atoms with Gasteiger partial charge in [-0.25, -0.2) is 0 Å². The van der Waals surface area contributed by atoms with Gasteiger partial charge in [-0.15, -0.1) is 24.8 Å². The Bertz CT molecular complexity index is 537. The van der Waals surface area contributed by atoms with Gasteiger partial charge in [0.05, 0.1) is 0 Å². The minimum absolute atomic E-state index is 0. The summed E-state index contributed by atoms with van der Waals surface area (Å²) in [6.45, 7) is 2.02. The topological polar surface area (TPSA) is 6.48 Å². The Labute approximate surface area is 159 Å². The molecule has 0 aromatic heterocycles. The third-order valence-corrected chi connectivity index (χ3v) is 5.07. The van der Waals surface area contributed by atoms with Gasteiger partial charge in [0.25, 0.3) is 0 Å². The molecule has 0 N–H and O–H groups in total. The van der Waals surface area contributed by atoms with Crippen molar-refractivity contribution in [3.05, 3.63) is 59.7 Å². The Hall–Kier alpha value is -0.528. The fraction of sp³-hybridized carbons (Fsp3) is 0.333. The van der Waals surface area contributed by atoms with E-state index in [0.29, 0.717) is 15.2 Å². The van der Waals surface area contributed by atoms with Crippen LogP contribution in [0.1, 0.15) is 11.1 Å². The average molecular weight is 393 g/mol. The average Bonchev–Trinajstić information content (AvgIpc) is 2.42. The minimum atomic E-state index is 0. The van der Waals surface area contributed by atoms with Crippen molar-refractivity contribution in [2.24, 2.45) is 0 Å². The molecule has 0 aliphatic carbocycles. The number of hydrogen-bond acceptors (Lipinski definition) is 2. The predicted molar refractivity (Wildman–Crippen MR) is 101 cm³/mol. The van der Waals surface area contributed by atoms with Crippen LogP contribution in [-0.2, 0) is 28.3 Å². The minimum Gasteiger partial charge on any atom is -0.147 e. The summed E-state index contributed by atoms with van der Waals surface area (Å²) in [5.74, 6) is 0. The standard InChI is InChI=1S/2C9H12N.2ClH.Cr/c2*1-10(2)8-9-6-4-3-5-7-9;;;/h2*3-6H,8H2,1-2H3;2*1H;. The molecule has 2 rings (SSSR count). The van der Waals surface area contributed by atoms with E-state index in [1.807, 2.05) is 0 Å². The van der Waals surface area contributed by atoms with Crippen molar-refractivity contribution in [1.82, 2.24) is 9.80 Å². The van der Waals surface area contributed by atoms with E-state index < -0.39 is 0 Å². The molecule has 0 atom stereocenters. The van der Waals surface area contributed by atoms with Crippen LogP contribution in [0.3, 0.4) is 0 Å². The summed E-state index contributed by atoms with van der Waals surface area (Å²) in [5.41, 5.74) is 2.89. The molecule has 0 radical (unpaired) electrons. The van der Waals surface area contributed by atoms with E-state index in [2.05, 4.69) is 86.5 Å². The molecule has 2 aromatic carbocycles. The molecule has 5 heteroatoms. The van der Waals surface area contributed by atoms with Crippen LogP contribution in [0.2, 0.25) is 0 Å². The van der Waals surface area contributed by atoms with Gasteiger partial charge in [-0.05, 0) is 0 Å². The third-order valence-electron chi connectivity index (χ3n) is 3.14. The van der Waals surface area contributed by atoms with E-state index in [-0.39, 0.29) is 24.8 Å². The monoisotopic (exact) mass is 392 g/mol. The maximum Gasteiger partial charge on any atom is -0.147 e.